The molecule has 0 spiro atoms. The van der Waals surface area contributed by atoms with E-state index in [9.17, 15) is 5.26 Å². The molecular formula is C13H20O3. The van der Waals surface area contributed by atoms with E-state index in [-0.39, 0.29) is 17.8 Å². The summed E-state index contributed by atoms with van der Waals surface area (Å²) in [5.41, 5.74) is -0.340. The van der Waals surface area contributed by atoms with Crippen LogP contribution < -0.4 is 0 Å². The Bertz CT molecular complexity index is 286. The second-order valence-corrected chi connectivity index (χ2v) is 6.51. The van der Waals surface area contributed by atoms with Gasteiger partial charge in [0.15, 0.2) is 0 Å². The molecule has 2 atom stereocenters. The van der Waals surface area contributed by atoms with E-state index in [2.05, 4.69) is 6.92 Å². The first kappa shape index (κ1) is 9.86. The molecule has 90 valence electrons. The monoisotopic (exact) mass is 224 g/mol. The summed E-state index contributed by atoms with van der Waals surface area (Å²) >= 11 is 0. The molecule has 0 radical (unpaired) electrons. The summed E-state index contributed by atoms with van der Waals surface area (Å²) in [4.78, 5) is 5.08. The summed E-state index contributed by atoms with van der Waals surface area (Å²) in [6.45, 7) is 2.09. The van der Waals surface area contributed by atoms with Crippen LogP contribution in [0.3, 0.4) is 0 Å². The van der Waals surface area contributed by atoms with Crippen LogP contribution in [-0.4, -0.2) is 23.1 Å². The normalized spacial score (nSPS) is 62.6. The van der Waals surface area contributed by atoms with Crippen molar-refractivity contribution in [2.75, 3.05) is 0 Å². The van der Waals surface area contributed by atoms with Gasteiger partial charge in [0, 0.05) is 0 Å². The first-order chi connectivity index (χ1) is 7.74. The van der Waals surface area contributed by atoms with E-state index in [1.807, 2.05) is 0 Å². The van der Waals surface area contributed by atoms with E-state index in [1.165, 1.54) is 32.1 Å². The van der Waals surface area contributed by atoms with Crippen molar-refractivity contribution in [2.45, 2.75) is 56.8 Å². The Labute approximate surface area is 96.0 Å². The third-order valence-corrected chi connectivity index (χ3v) is 5.73. The molecule has 3 heteroatoms. The molecule has 5 rings (SSSR count). The fourth-order valence-corrected chi connectivity index (χ4v) is 5.25. The Morgan fingerprint density at radius 3 is 1.94 bits per heavy atom. The van der Waals surface area contributed by atoms with Crippen LogP contribution in [0, 0.1) is 23.7 Å². The minimum atomic E-state index is -0.340. The maximum atomic E-state index is 9.50. The van der Waals surface area contributed by atoms with E-state index in [0.717, 1.165) is 11.8 Å². The highest BCUT2D eigenvalue weighted by atomic mass is 17.1. The molecular weight excluding hydrogens is 204 g/mol. The van der Waals surface area contributed by atoms with Crippen LogP contribution >= 0.6 is 0 Å². The molecule has 3 nitrogen and oxygen atoms in total. The third-order valence-electron chi connectivity index (χ3n) is 5.73. The molecule has 5 fully saturated rings. The van der Waals surface area contributed by atoms with Gasteiger partial charge < -0.3 is 4.74 Å². The Hall–Kier alpha value is -0.120. The SMILES string of the molecule is C[C@H]1O[C@@H]1C1(OO)C2CC3CC(C2)CC1C3. The molecule has 0 amide bonds. The first-order valence-electron chi connectivity index (χ1n) is 6.72. The fourth-order valence-electron chi connectivity index (χ4n) is 5.25. The minimum Gasteiger partial charge on any atom is -0.367 e. The zero-order chi connectivity index (χ0) is 10.9. The fraction of sp³-hybridized carbons (Fsp3) is 1.00. The standard InChI is InChI=1S/C13H20O3/c1-7-12(15-7)13(16-14)10-3-8-2-9(5-10)6-11(13)4-8/h7-12,14H,2-6H2,1H3/t7-,8?,9?,10?,11?,12+,13?/m1/s1. The largest absolute Gasteiger partial charge is 0.367 e. The Balaban J connectivity index is 1.71. The lowest BCUT2D eigenvalue weighted by Gasteiger charge is -2.59. The summed E-state index contributed by atoms with van der Waals surface area (Å²) in [5.74, 6) is 2.90. The summed E-state index contributed by atoms with van der Waals surface area (Å²) < 4.78 is 5.65. The predicted octanol–water partition coefficient (Wildman–Crippen LogP) is 2.46. The molecule has 0 unspecified atom stereocenters. The van der Waals surface area contributed by atoms with Gasteiger partial charge in [0.05, 0.1) is 6.10 Å². The van der Waals surface area contributed by atoms with Gasteiger partial charge in [0.2, 0.25) is 0 Å². The summed E-state index contributed by atoms with van der Waals surface area (Å²) in [6, 6.07) is 0. The van der Waals surface area contributed by atoms with Gasteiger partial charge in [-0.25, -0.2) is 4.89 Å². The third kappa shape index (κ3) is 1.05. The molecule has 5 aliphatic rings. The zero-order valence-corrected chi connectivity index (χ0v) is 9.76. The molecule has 1 N–H and O–H groups in total. The van der Waals surface area contributed by atoms with E-state index in [4.69, 9.17) is 9.62 Å². The highest BCUT2D eigenvalue weighted by Crippen LogP contribution is 2.63. The van der Waals surface area contributed by atoms with Crippen LogP contribution in [0.15, 0.2) is 0 Å². The Morgan fingerprint density at radius 1 is 1.06 bits per heavy atom. The average Bonchev–Trinajstić information content (AvgIpc) is 2.96. The Morgan fingerprint density at radius 2 is 1.56 bits per heavy atom. The average molecular weight is 224 g/mol. The van der Waals surface area contributed by atoms with Crippen molar-refractivity contribution < 1.29 is 14.9 Å². The highest BCUT2D eigenvalue weighted by molar-refractivity contribution is 5.15. The smallest absolute Gasteiger partial charge is 0.137 e. The lowest BCUT2D eigenvalue weighted by molar-refractivity contribution is -0.380. The van der Waals surface area contributed by atoms with Gasteiger partial charge in [-0.05, 0) is 62.7 Å². The lowest BCUT2D eigenvalue weighted by Crippen LogP contribution is -2.62. The number of rotatable bonds is 2. The topological polar surface area (TPSA) is 42.0 Å². The molecule has 1 aliphatic heterocycles. The molecule has 0 aromatic carbocycles. The Kier molecular flexibility index (Phi) is 1.85. The number of epoxide rings is 1. The van der Waals surface area contributed by atoms with Gasteiger partial charge in [-0.3, -0.25) is 5.26 Å². The van der Waals surface area contributed by atoms with Crippen molar-refractivity contribution in [1.29, 1.82) is 0 Å². The van der Waals surface area contributed by atoms with Gasteiger partial charge in [0.1, 0.15) is 11.7 Å². The summed E-state index contributed by atoms with van der Waals surface area (Å²) in [6.07, 6.45) is 6.87. The molecule has 0 aromatic rings. The van der Waals surface area contributed by atoms with Crippen molar-refractivity contribution in [3.05, 3.63) is 0 Å². The predicted molar refractivity (Wildman–Crippen MR) is 57.8 cm³/mol. The van der Waals surface area contributed by atoms with Crippen LogP contribution in [0.25, 0.3) is 0 Å². The lowest BCUT2D eigenvalue weighted by atomic mass is 9.49. The maximum absolute atomic E-state index is 9.50. The molecule has 1 saturated heterocycles. The quantitative estimate of drug-likeness (QED) is 0.445. The van der Waals surface area contributed by atoms with Gasteiger partial charge >= 0.3 is 0 Å². The molecule has 1 heterocycles. The molecule has 0 aromatic heterocycles. The van der Waals surface area contributed by atoms with E-state index in [1.54, 1.807) is 0 Å². The number of hydrogen-bond donors (Lipinski definition) is 1. The van der Waals surface area contributed by atoms with Crippen LogP contribution in [0.4, 0.5) is 0 Å². The molecule has 4 bridgehead atoms. The minimum absolute atomic E-state index is 0.160. The van der Waals surface area contributed by atoms with Crippen molar-refractivity contribution in [3.63, 3.8) is 0 Å². The van der Waals surface area contributed by atoms with Gasteiger partial charge in [-0.15, -0.1) is 0 Å². The number of hydrogen-bond acceptors (Lipinski definition) is 3. The van der Waals surface area contributed by atoms with E-state index >= 15 is 0 Å². The van der Waals surface area contributed by atoms with Crippen LogP contribution in [0.2, 0.25) is 0 Å². The number of ether oxygens (including phenoxy) is 1. The second-order valence-electron chi connectivity index (χ2n) is 6.51. The van der Waals surface area contributed by atoms with Gasteiger partial charge in [0.25, 0.3) is 0 Å². The zero-order valence-electron chi connectivity index (χ0n) is 9.76. The second kappa shape index (κ2) is 3.01. The van der Waals surface area contributed by atoms with Crippen molar-refractivity contribution in [1.82, 2.24) is 0 Å². The van der Waals surface area contributed by atoms with Crippen molar-refractivity contribution in [3.8, 4) is 0 Å². The van der Waals surface area contributed by atoms with Gasteiger partial charge in [-0.2, -0.15) is 0 Å². The van der Waals surface area contributed by atoms with Crippen molar-refractivity contribution >= 4 is 0 Å². The molecule has 4 aliphatic carbocycles. The van der Waals surface area contributed by atoms with E-state index < -0.39 is 0 Å². The van der Waals surface area contributed by atoms with Crippen LogP contribution in [0.5, 0.6) is 0 Å². The molecule has 4 saturated carbocycles. The summed E-state index contributed by atoms with van der Waals surface area (Å²) in [7, 11) is 0. The van der Waals surface area contributed by atoms with Crippen LogP contribution in [-0.2, 0) is 9.62 Å². The first-order valence-corrected chi connectivity index (χ1v) is 6.72. The van der Waals surface area contributed by atoms with Crippen molar-refractivity contribution in [2.24, 2.45) is 23.7 Å². The summed E-state index contributed by atoms with van der Waals surface area (Å²) in [5, 5.41) is 9.50. The highest BCUT2D eigenvalue weighted by Gasteiger charge is 2.67. The molecule has 16 heavy (non-hydrogen) atoms. The van der Waals surface area contributed by atoms with Gasteiger partial charge in [-0.1, -0.05) is 0 Å². The van der Waals surface area contributed by atoms with E-state index in [0.29, 0.717) is 11.8 Å². The van der Waals surface area contributed by atoms with Crippen LogP contribution in [0.1, 0.15) is 39.0 Å². The maximum Gasteiger partial charge on any atom is 0.137 e.